The largest absolute Gasteiger partial charge is 0.490 e. The topological polar surface area (TPSA) is 47.6 Å². The molecule has 0 aliphatic rings. The molecule has 2 rings (SSSR count). The van der Waals surface area contributed by atoms with E-state index < -0.39 is 0 Å². The molecule has 1 N–H and O–H groups in total. The van der Waals surface area contributed by atoms with Gasteiger partial charge in [-0.15, -0.1) is 0 Å². The minimum Gasteiger partial charge on any atom is -0.490 e. The number of carbonyl (C=O) groups excluding carboxylic acids is 1. The first-order valence-electron chi connectivity index (χ1n) is 7.49. The van der Waals surface area contributed by atoms with Crippen molar-refractivity contribution in [3.63, 3.8) is 0 Å². The van der Waals surface area contributed by atoms with Crippen molar-refractivity contribution in [1.29, 1.82) is 0 Å². The lowest BCUT2D eigenvalue weighted by molar-refractivity contribution is 0.0948. The molecule has 0 unspecified atom stereocenters. The van der Waals surface area contributed by atoms with E-state index in [-0.39, 0.29) is 5.91 Å². The van der Waals surface area contributed by atoms with Crippen LogP contribution in [-0.4, -0.2) is 25.7 Å². The minimum absolute atomic E-state index is 0.110. The van der Waals surface area contributed by atoms with E-state index in [9.17, 15) is 4.79 Å². The van der Waals surface area contributed by atoms with Crippen LogP contribution in [0, 0.1) is 0 Å². The summed E-state index contributed by atoms with van der Waals surface area (Å²) in [7, 11) is 0. The second kappa shape index (κ2) is 8.72. The zero-order valence-corrected chi connectivity index (χ0v) is 12.7. The van der Waals surface area contributed by atoms with E-state index in [0.717, 1.165) is 12.2 Å². The zero-order valence-electron chi connectivity index (χ0n) is 12.7. The Morgan fingerprint density at radius 3 is 2.41 bits per heavy atom. The first kappa shape index (κ1) is 15.9. The molecular weight excluding hydrogens is 278 g/mol. The highest BCUT2D eigenvalue weighted by Gasteiger charge is 2.11. The van der Waals surface area contributed by atoms with Gasteiger partial charge in [0.2, 0.25) is 0 Å². The lowest BCUT2D eigenvalue weighted by atomic mass is 10.2. The average molecular weight is 299 g/mol. The molecule has 0 fully saturated rings. The highest BCUT2D eigenvalue weighted by Crippen LogP contribution is 2.18. The second-order valence-electron chi connectivity index (χ2n) is 4.76. The molecule has 2 aromatic carbocycles. The number of benzene rings is 2. The smallest absolute Gasteiger partial charge is 0.255 e. The zero-order chi connectivity index (χ0) is 15.6. The molecule has 0 atom stereocenters. The molecule has 0 spiro atoms. The molecular formula is C18H21NO3. The first-order valence-corrected chi connectivity index (χ1v) is 7.49. The molecule has 0 radical (unpaired) electrons. The van der Waals surface area contributed by atoms with Gasteiger partial charge in [0.25, 0.3) is 5.91 Å². The number of nitrogens with one attached hydrogen (secondary N) is 1. The van der Waals surface area contributed by atoms with Crippen LogP contribution in [0.2, 0.25) is 0 Å². The fraction of sp³-hybridized carbons (Fsp3) is 0.278. The number of hydrogen-bond acceptors (Lipinski definition) is 3. The molecule has 0 aromatic heterocycles. The predicted molar refractivity (Wildman–Crippen MR) is 86.5 cm³/mol. The summed E-state index contributed by atoms with van der Waals surface area (Å²) in [5.74, 6) is 1.27. The van der Waals surface area contributed by atoms with Crippen molar-refractivity contribution in [3.8, 4) is 11.5 Å². The number of carbonyl (C=O) groups is 1. The van der Waals surface area contributed by atoms with E-state index >= 15 is 0 Å². The standard InChI is InChI=1S/C18H21NO3/c1-2-12-19-18(20)16-10-6-7-11-17(16)22-14-13-21-15-8-4-3-5-9-15/h3-11H,2,12-14H2,1H3,(H,19,20). The summed E-state index contributed by atoms with van der Waals surface area (Å²) in [6.07, 6.45) is 0.902. The maximum absolute atomic E-state index is 12.1. The van der Waals surface area contributed by atoms with Crippen molar-refractivity contribution in [2.45, 2.75) is 13.3 Å². The monoisotopic (exact) mass is 299 g/mol. The van der Waals surface area contributed by atoms with Crippen molar-refractivity contribution in [2.75, 3.05) is 19.8 Å². The third-order valence-electron chi connectivity index (χ3n) is 3.02. The summed E-state index contributed by atoms with van der Waals surface area (Å²) < 4.78 is 11.2. The molecule has 4 heteroatoms. The van der Waals surface area contributed by atoms with Crippen molar-refractivity contribution in [1.82, 2.24) is 5.32 Å². The number of hydrogen-bond donors (Lipinski definition) is 1. The van der Waals surface area contributed by atoms with Crippen molar-refractivity contribution >= 4 is 5.91 Å². The van der Waals surface area contributed by atoms with Gasteiger partial charge in [-0.3, -0.25) is 4.79 Å². The Bertz CT molecular complexity index is 584. The van der Waals surface area contributed by atoms with E-state index in [1.54, 1.807) is 12.1 Å². The molecule has 2 aromatic rings. The van der Waals surface area contributed by atoms with E-state index in [1.807, 2.05) is 49.4 Å². The van der Waals surface area contributed by atoms with Crippen LogP contribution in [0.15, 0.2) is 54.6 Å². The van der Waals surface area contributed by atoms with E-state index in [2.05, 4.69) is 5.32 Å². The van der Waals surface area contributed by atoms with E-state index in [0.29, 0.717) is 31.1 Å². The summed E-state index contributed by atoms with van der Waals surface area (Å²) in [5, 5.41) is 2.86. The summed E-state index contributed by atoms with van der Waals surface area (Å²) in [5.41, 5.74) is 0.552. The van der Waals surface area contributed by atoms with Gasteiger partial charge in [-0.2, -0.15) is 0 Å². The summed E-state index contributed by atoms with van der Waals surface area (Å²) in [6.45, 7) is 3.48. The number of para-hydroxylation sites is 2. The van der Waals surface area contributed by atoms with Crippen LogP contribution in [0.4, 0.5) is 0 Å². The molecule has 4 nitrogen and oxygen atoms in total. The molecule has 0 bridgehead atoms. The van der Waals surface area contributed by atoms with E-state index in [4.69, 9.17) is 9.47 Å². The van der Waals surface area contributed by atoms with Gasteiger partial charge < -0.3 is 14.8 Å². The maximum atomic E-state index is 12.1. The van der Waals surface area contributed by atoms with Crippen LogP contribution >= 0.6 is 0 Å². The SMILES string of the molecule is CCCNC(=O)c1ccccc1OCCOc1ccccc1. The van der Waals surface area contributed by atoms with Gasteiger partial charge in [-0.25, -0.2) is 0 Å². The Balaban J connectivity index is 1.86. The van der Waals surface area contributed by atoms with Crippen LogP contribution < -0.4 is 14.8 Å². The van der Waals surface area contributed by atoms with Gasteiger partial charge in [0.05, 0.1) is 5.56 Å². The fourth-order valence-electron chi connectivity index (χ4n) is 1.94. The van der Waals surface area contributed by atoms with E-state index in [1.165, 1.54) is 0 Å². The fourth-order valence-corrected chi connectivity index (χ4v) is 1.94. The van der Waals surface area contributed by atoms with Gasteiger partial charge in [0.1, 0.15) is 24.7 Å². The predicted octanol–water partition coefficient (Wildman–Crippen LogP) is 3.28. The molecule has 0 saturated heterocycles. The lowest BCUT2D eigenvalue weighted by Gasteiger charge is -2.12. The van der Waals surface area contributed by atoms with Crippen molar-refractivity contribution in [2.24, 2.45) is 0 Å². The summed E-state index contributed by atoms with van der Waals surface area (Å²) in [4.78, 5) is 12.1. The molecule has 0 aliphatic heterocycles. The Labute approximate surface area is 131 Å². The number of ether oxygens (including phenoxy) is 2. The first-order chi connectivity index (χ1) is 10.8. The Kier molecular flexibility index (Phi) is 6.30. The van der Waals surface area contributed by atoms with Gasteiger partial charge in [-0.1, -0.05) is 37.3 Å². The van der Waals surface area contributed by atoms with Crippen molar-refractivity contribution < 1.29 is 14.3 Å². The highest BCUT2D eigenvalue weighted by molar-refractivity contribution is 5.96. The molecule has 22 heavy (non-hydrogen) atoms. The maximum Gasteiger partial charge on any atom is 0.255 e. The number of amides is 1. The van der Waals surface area contributed by atoms with Crippen LogP contribution in [0.5, 0.6) is 11.5 Å². The Morgan fingerprint density at radius 2 is 1.64 bits per heavy atom. The Morgan fingerprint density at radius 1 is 0.955 bits per heavy atom. The summed E-state index contributed by atoms with van der Waals surface area (Å²) in [6, 6.07) is 16.8. The molecule has 116 valence electrons. The van der Waals surface area contributed by atoms with Gasteiger partial charge >= 0.3 is 0 Å². The van der Waals surface area contributed by atoms with Gasteiger partial charge in [0, 0.05) is 6.54 Å². The average Bonchev–Trinajstić information content (AvgIpc) is 2.58. The molecule has 0 heterocycles. The van der Waals surface area contributed by atoms with Crippen LogP contribution in [0.25, 0.3) is 0 Å². The summed E-state index contributed by atoms with van der Waals surface area (Å²) >= 11 is 0. The molecule has 0 aliphatic carbocycles. The molecule has 1 amide bonds. The minimum atomic E-state index is -0.110. The normalized spacial score (nSPS) is 10.0. The number of rotatable bonds is 8. The van der Waals surface area contributed by atoms with Crippen molar-refractivity contribution in [3.05, 3.63) is 60.2 Å². The van der Waals surface area contributed by atoms with Crippen LogP contribution in [0.1, 0.15) is 23.7 Å². The van der Waals surface area contributed by atoms with Crippen LogP contribution in [-0.2, 0) is 0 Å². The van der Waals surface area contributed by atoms with Gasteiger partial charge in [0.15, 0.2) is 0 Å². The third kappa shape index (κ3) is 4.81. The molecule has 0 saturated carbocycles. The van der Waals surface area contributed by atoms with Crippen LogP contribution in [0.3, 0.4) is 0 Å². The van der Waals surface area contributed by atoms with Gasteiger partial charge in [-0.05, 0) is 30.7 Å². The third-order valence-corrected chi connectivity index (χ3v) is 3.02. The lowest BCUT2D eigenvalue weighted by Crippen LogP contribution is -2.24. The quantitative estimate of drug-likeness (QED) is 0.761. The second-order valence-corrected chi connectivity index (χ2v) is 4.76. The Hall–Kier alpha value is -2.49. The highest BCUT2D eigenvalue weighted by atomic mass is 16.5.